The van der Waals surface area contributed by atoms with Gasteiger partial charge >= 0.3 is 0 Å². The molecule has 130 valence electrons. The quantitative estimate of drug-likeness (QED) is 0.885. The van der Waals surface area contributed by atoms with Crippen molar-refractivity contribution in [2.75, 3.05) is 33.3 Å². The molecule has 2 atom stereocenters. The van der Waals surface area contributed by atoms with Gasteiger partial charge in [0, 0.05) is 45.1 Å². The van der Waals surface area contributed by atoms with E-state index in [-0.39, 0.29) is 35.9 Å². The second kappa shape index (κ2) is 6.76. The number of hydrogen-bond donors (Lipinski definition) is 1. The average Bonchev–Trinajstić information content (AvgIpc) is 2.87. The third kappa shape index (κ3) is 3.08. The molecule has 0 saturated carbocycles. The van der Waals surface area contributed by atoms with Crippen LogP contribution in [0, 0.1) is 11.7 Å². The van der Waals surface area contributed by atoms with Gasteiger partial charge in [-0.1, -0.05) is 0 Å². The summed E-state index contributed by atoms with van der Waals surface area (Å²) in [6, 6.07) is 4.12. The lowest BCUT2D eigenvalue weighted by Crippen LogP contribution is -2.47. The zero-order valence-electron chi connectivity index (χ0n) is 13.7. The molecule has 0 aromatic heterocycles. The number of carbonyl (C=O) groups is 2. The summed E-state index contributed by atoms with van der Waals surface area (Å²) in [4.78, 5) is 28.2. The molecule has 2 fully saturated rings. The van der Waals surface area contributed by atoms with E-state index in [2.05, 4.69) is 0 Å². The van der Waals surface area contributed by atoms with E-state index in [4.69, 9.17) is 10.5 Å². The molecular weight excluding hydrogens is 313 g/mol. The SMILES string of the molecule is CN1C(=O)C[C@@H]2CN(C(=O)c3cc(F)ccc3OCCN)CC[C@@H]21. The molecule has 0 spiro atoms. The first-order valence-corrected chi connectivity index (χ1v) is 8.18. The minimum atomic E-state index is -0.482. The molecule has 2 N–H and O–H groups in total. The molecule has 2 saturated heterocycles. The zero-order chi connectivity index (χ0) is 17.3. The van der Waals surface area contributed by atoms with E-state index in [0.29, 0.717) is 31.8 Å². The van der Waals surface area contributed by atoms with Crippen molar-refractivity contribution in [3.8, 4) is 5.75 Å². The Morgan fingerprint density at radius 2 is 2.25 bits per heavy atom. The van der Waals surface area contributed by atoms with E-state index in [1.807, 2.05) is 7.05 Å². The van der Waals surface area contributed by atoms with Gasteiger partial charge in [0.15, 0.2) is 0 Å². The molecule has 3 rings (SSSR count). The largest absolute Gasteiger partial charge is 0.491 e. The fraction of sp³-hybridized carbons (Fsp3) is 0.529. The van der Waals surface area contributed by atoms with Crippen LogP contribution in [0.5, 0.6) is 5.75 Å². The average molecular weight is 335 g/mol. The van der Waals surface area contributed by atoms with E-state index in [1.165, 1.54) is 18.2 Å². The Balaban J connectivity index is 1.77. The number of likely N-dealkylation sites (tertiary alicyclic amines) is 2. The molecule has 0 unspecified atom stereocenters. The summed E-state index contributed by atoms with van der Waals surface area (Å²) in [6.45, 7) is 1.62. The summed E-state index contributed by atoms with van der Waals surface area (Å²) < 4.78 is 19.1. The molecular formula is C17H22FN3O3. The topological polar surface area (TPSA) is 75.9 Å². The van der Waals surface area contributed by atoms with Crippen LogP contribution >= 0.6 is 0 Å². The van der Waals surface area contributed by atoms with Crippen molar-refractivity contribution < 1.29 is 18.7 Å². The maximum atomic E-state index is 13.6. The Morgan fingerprint density at radius 3 is 3.00 bits per heavy atom. The number of nitrogens with two attached hydrogens (primary N) is 1. The van der Waals surface area contributed by atoms with Crippen LogP contribution in [0.25, 0.3) is 0 Å². The number of hydrogen-bond acceptors (Lipinski definition) is 4. The van der Waals surface area contributed by atoms with Gasteiger partial charge in [-0.15, -0.1) is 0 Å². The van der Waals surface area contributed by atoms with Crippen LogP contribution in [-0.2, 0) is 4.79 Å². The number of benzene rings is 1. The van der Waals surface area contributed by atoms with Crippen LogP contribution in [0.1, 0.15) is 23.2 Å². The van der Waals surface area contributed by atoms with Crippen molar-refractivity contribution in [1.82, 2.24) is 9.80 Å². The van der Waals surface area contributed by atoms with Crippen LogP contribution < -0.4 is 10.5 Å². The molecule has 24 heavy (non-hydrogen) atoms. The van der Waals surface area contributed by atoms with Gasteiger partial charge in [0.25, 0.3) is 5.91 Å². The lowest BCUT2D eigenvalue weighted by Gasteiger charge is -2.36. The summed E-state index contributed by atoms with van der Waals surface area (Å²) >= 11 is 0. The normalized spacial score (nSPS) is 23.4. The second-order valence-electron chi connectivity index (χ2n) is 6.35. The van der Waals surface area contributed by atoms with E-state index in [1.54, 1.807) is 9.80 Å². The number of ether oxygens (including phenoxy) is 1. The zero-order valence-corrected chi connectivity index (χ0v) is 13.7. The Labute approximate surface area is 140 Å². The molecule has 2 amide bonds. The number of carbonyl (C=O) groups excluding carboxylic acids is 2. The lowest BCUT2D eigenvalue weighted by atomic mass is 9.92. The Hall–Kier alpha value is -2.15. The van der Waals surface area contributed by atoms with E-state index in [0.717, 1.165) is 6.42 Å². The highest BCUT2D eigenvalue weighted by atomic mass is 19.1. The molecule has 0 bridgehead atoms. The molecule has 1 aromatic carbocycles. The summed E-state index contributed by atoms with van der Waals surface area (Å²) in [7, 11) is 1.82. The lowest BCUT2D eigenvalue weighted by molar-refractivity contribution is -0.127. The van der Waals surface area contributed by atoms with Gasteiger partial charge in [0.1, 0.15) is 18.2 Å². The highest BCUT2D eigenvalue weighted by Gasteiger charge is 2.42. The summed E-state index contributed by atoms with van der Waals surface area (Å²) in [5, 5.41) is 0. The fourth-order valence-electron chi connectivity index (χ4n) is 3.60. The van der Waals surface area contributed by atoms with Gasteiger partial charge in [-0.2, -0.15) is 0 Å². The summed E-state index contributed by atoms with van der Waals surface area (Å²) in [5.74, 6) is -0.140. The summed E-state index contributed by atoms with van der Waals surface area (Å²) in [5.41, 5.74) is 5.64. The number of fused-ring (bicyclic) bond motifs is 1. The minimum absolute atomic E-state index is 0.122. The fourth-order valence-corrected chi connectivity index (χ4v) is 3.60. The van der Waals surface area contributed by atoms with Crippen molar-refractivity contribution in [2.24, 2.45) is 11.7 Å². The predicted octanol–water partition coefficient (Wildman–Crippen LogP) is 0.856. The number of piperidine rings is 1. The first-order valence-electron chi connectivity index (χ1n) is 8.18. The first kappa shape index (κ1) is 16.7. The van der Waals surface area contributed by atoms with Crippen LogP contribution in [0.3, 0.4) is 0 Å². The maximum absolute atomic E-state index is 13.6. The van der Waals surface area contributed by atoms with E-state index >= 15 is 0 Å². The van der Waals surface area contributed by atoms with Gasteiger partial charge in [-0.05, 0) is 24.6 Å². The highest BCUT2D eigenvalue weighted by molar-refractivity contribution is 5.97. The van der Waals surface area contributed by atoms with Gasteiger partial charge in [-0.3, -0.25) is 9.59 Å². The molecule has 2 heterocycles. The van der Waals surface area contributed by atoms with Crippen LogP contribution in [0.2, 0.25) is 0 Å². The van der Waals surface area contributed by atoms with Crippen LogP contribution in [-0.4, -0.2) is 60.9 Å². The predicted molar refractivity (Wildman–Crippen MR) is 86.1 cm³/mol. The Bertz CT molecular complexity index is 652. The van der Waals surface area contributed by atoms with Crippen molar-refractivity contribution in [3.05, 3.63) is 29.6 Å². The van der Waals surface area contributed by atoms with E-state index in [9.17, 15) is 14.0 Å². The molecule has 7 heteroatoms. The highest BCUT2D eigenvalue weighted by Crippen LogP contribution is 2.32. The van der Waals surface area contributed by atoms with Gasteiger partial charge in [-0.25, -0.2) is 4.39 Å². The van der Waals surface area contributed by atoms with Crippen LogP contribution in [0.15, 0.2) is 18.2 Å². The van der Waals surface area contributed by atoms with Gasteiger partial charge in [0.05, 0.1) is 5.56 Å². The smallest absolute Gasteiger partial charge is 0.257 e. The van der Waals surface area contributed by atoms with Crippen molar-refractivity contribution >= 4 is 11.8 Å². The number of nitrogens with zero attached hydrogens (tertiary/aromatic N) is 2. The van der Waals surface area contributed by atoms with Gasteiger partial charge < -0.3 is 20.3 Å². The molecule has 0 aliphatic carbocycles. The standard InChI is InChI=1S/C17H22FN3O3/c1-20-14-4-6-21(10-11(14)8-16(20)22)17(23)13-9-12(18)2-3-15(13)24-7-5-19/h2-3,9,11,14H,4-8,10,19H2,1H3/t11-,14+/m1/s1. The van der Waals surface area contributed by atoms with Crippen molar-refractivity contribution in [1.29, 1.82) is 0 Å². The van der Waals surface area contributed by atoms with Crippen molar-refractivity contribution in [2.45, 2.75) is 18.9 Å². The summed E-state index contributed by atoms with van der Waals surface area (Å²) in [6.07, 6.45) is 1.21. The monoisotopic (exact) mass is 335 g/mol. The number of rotatable bonds is 4. The van der Waals surface area contributed by atoms with Crippen LogP contribution in [0.4, 0.5) is 4.39 Å². The number of halogens is 1. The van der Waals surface area contributed by atoms with E-state index < -0.39 is 5.82 Å². The third-order valence-electron chi connectivity index (χ3n) is 4.86. The van der Waals surface area contributed by atoms with Crippen molar-refractivity contribution in [3.63, 3.8) is 0 Å². The van der Waals surface area contributed by atoms with Gasteiger partial charge in [0.2, 0.25) is 5.91 Å². The third-order valence-corrected chi connectivity index (χ3v) is 4.86. The molecule has 2 aliphatic rings. The molecule has 1 aromatic rings. The molecule has 6 nitrogen and oxygen atoms in total. The first-order chi connectivity index (χ1) is 11.5. The second-order valence-corrected chi connectivity index (χ2v) is 6.35. The molecule has 0 radical (unpaired) electrons. The number of amides is 2. The minimum Gasteiger partial charge on any atom is -0.491 e. The molecule has 2 aliphatic heterocycles. The Morgan fingerprint density at radius 1 is 1.46 bits per heavy atom. The maximum Gasteiger partial charge on any atom is 0.257 e. The Kier molecular flexibility index (Phi) is 4.71.